The van der Waals surface area contributed by atoms with Crippen molar-refractivity contribution >= 4 is 23.4 Å². The number of para-hydroxylation sites is 1. The van der Waals surface area contributed by atoms with Crippen molar-refractivity contribution in [1.29, 1.82) is 0 Å². The van der Waals surface area contributed by atoms with E-state index in [1.54, 1.807) is 19.2 Å². The van der Waals surface area contributed by atoms with Gasteiger partial charge in [-0.1, -0.05) is 41.6 Å². The third kappa shape index (κ3) is 4.31. The van der Waals surface area contributed by atoms with Gasteiger partial charge in [-0.15, -0.1) is 5.10 Å². The minimum atomic E-state index is 0.584. The zero-order chi connectivity index (χ0) is 18.5. The van der Waals surface area contributed by atoms with Crippen molar-refractivity contribution in [2.45, 2.75) is 19.0 Å². The summed E-state index contributed by atoms with van der Waals surface area (Å²) in [5, 5.41) is 8.47. The van der Waals surface area contributed by atoms with Gasteiger partial charge in [0.25, 0.3) is 0 Å². The summed E-state index contributed by atoms with van der Waals surface area (Å²) in [5.74, 6) is 3.02. The third-order valence-electron chi connectivity index (χ3n) is 3.85. The smallest absolute Gasteiger partial charge is 0.208 e. The van der Waals surface area contributed by atoms with Gasteiger partial charge >= 0.3 is 0 Å². The molecule has 0 aliphatic rings. The molecule has 0 fully saturated rings. The summed E-state index contributed by atoms with van der Waals surface area (Å²) < 4.78 is 11.3. The van der Waals surface area contributed by atoms with Crippen molar-refractivity contribution in [2.75, 3.05) is 19.5 Å². The van der Waals surface area contributed by atoms with E-state index in [1.807, 2.05) is 12.1 Å². The number of aryl methyl sites for hydroxylation is 2. The molecule has 0 aliphatic heterocycles. The van der Waals surface area contributed by atoms with Crippen LogP contribution in [0.4, 0.5) is 0 Å². The summed E-state index contributed by atoms with van der Waals surface area (Å²) >= 11 is 7.61. The number of halogens is 1. The molecule has 0 atom stereocenters. The first kappa shape index (κ1) is 18.6. The summed E-state index contributed by atoms with van der Waals surface area (Å²) in [6.07, 6.45) is 0. The molecule has 0 aliphatic carbocycles. The summed E-state index contributed by atoms with van der Waals surface area (Å²) in [5.41, 5.74) is 3.07. The summed E-state index contributed by atoms with van der Waals surface area (Å²) in [7, 11) is 1.61. The Hall–Kier alpha value is -2.18. The molecule has 0 radical (unpaired) electrons. The molecule has 26 heavy (non-hydrogen) atoms. The van der Waals surface area contributed by atoms with Gasteiger partial charge in [0.05, 0.1) is 19.3 Å². The molecule has 0 saturated heterocycles. The Kier molecular flexibility index (Phi) is 6.06. The predicted molar refractivity (Wildman–Crippen MR) is 106 cm³/mol. The van der Waals surface area contributed by atoms with E-state index >= 15 is 0 Å². The van der Waals surface area contributed by atoms with Gasteiger partial charge < -0.3 is 9.47 Å². The minimum Gasteiger partial charge on any atom is -0.496 e. The summed E-state index contributed by atoms with van der Waals surface area (Å²) in [6.45, 7) is 4.69. The largest absolute Gasteiger partial charge is 0.496 e. The molecular formula is C19H20ClN3O2S. The van der Waals surface area contributed by atoms with Gasteiger partial charge in [-0.3, -0.25) is 5.10 Å². The fraction of sp³-hybridized carbons (Fsp3) is 0.263. The van der Waals surface area contributed by atoms with Crippen molar-refractivity contribution in [3.8, 4) is 22.9 Å². The molecule has 0 unspecified atom stereocenters. The highest BCUT2D eigenvalue weighted by molar-refractivity contribution is 7.99. The highest BCUT2D eigenvalue weighted by Gasteiger charge is 2.12. The molecule has 0 bridgehead atoms. The van der Waals surface area contributed by atoms with Gasteiger partial charge in [0.2, 0.25) is 5.16 Å². The highest BCUT2D eigenvalue weighted by atomic mass is 35.5. The fourth-order valence-corrected chi connectivity index (χ4v) is 3.39. The van der Waals surface area contributed by atoms with Crippen LogP contribution in [0, 0.1) is 13.8 Å². The van der Waals surface area contributed by atoms with Crippen molar-refractivity contribution in [3.63, 3.8) is 0 Å². The van der Waals surface area contributed by atoms with Crippen molar-refractivity contribution in [2.24, 2.45) is 0 Å². The number of methoxy groups -OCH3 is 1. The number of nitrogens with zero attached hydrogens (tertiary/aromatic N) is 2. The van der Waals surface area contributed by atoms with E-state index in [1.165, 1.54) is 11.8 Å². The van der Waals surface area contributed by atoms with E-state index in [0.717, 1.165) is 28.2 Å². The summed E-state index contributed by atoms with van der Waals surface area (Å²) in [6, 6.07) is 11.5. The molecule has 3 rings (SSSR count). The van der Waals surface area contributed by atoms with Crippen molar-refractivity contribution in [3.05, 3.63) is 52.5 Å². The van der Waals surface area contributed by atoms with E-state index in [0.29, 0.717) is 28.4 Å². The Bertz CT molecular complexity index is 878. The number of rotatable bonds is 7. The van der Waals surface area contributed by atoms with E-state index in [9.17, 15) is 0 Å². The SMILES string of the molecule is COc1ccc(Cl)cc1-c1nc(SCCOc2c(C)cccc2C)n[nH]1. The lowest BCUT2D eigenvalue weighted by molar-refractivity contribution is 0.339. The maximum Gasteiger partial charge on any atom is 0.208 e. The van der Waals surface area contributed by atoms with Crippen LogP contribution in [0.2, 0.25) is 5.02 Å². The monoisotopic (exact) mass is 389 g/mol. The zero-order valence-corrected chi connectivity index (χ0v) is 16.4. The third-order valence-corrected chi connectivity index (χ3v) is 4.90. The molecule has 0 saturated carbocycles. The first-order chi connectivity index (χ1) is 12.6. The average Bonchev–Trinajstić information content (AvgIpc) is 3.09. The van der Waals surface area contributed by atoms with Gasteiger partial charge in [0.1, 0.15) is 11.5 Å². The molecule has 5 nitrogen and oxygen atoms in total. The van der Waals surface area contributed by atoms with Crippen LogP contribution in [0.15, 0.2) is 41.6 Å². The second-order valence-corrected chi connectivity index (χ2v) is 7.23. The molecule has 1 N–H and O–H groups in total. The van der Waals surface area contributed by atoms with Crippen LogP contribution in [0.5, 0.6) is 11.5 Å². The molecule has 136 valence electrons. The number of aromatic amines is 1. The van der Waals surface area contributed by atoms with E-state index in [2.05, 4.69) is 41.2 Å². The molecule has 0 amide bonds. The first-order valence-electron chi connectivity index (χ1n) is 8.16. The molecule has 7 heteroatoms. The number of aromatic nitrogens is 3. The Morgan fingerprint density at radius 3 is 2.65 bits per heavy atom. The first-order valence-corrected chi connectivity index (χ1v) is 9.53. The van der Waals surface area contributed by atoms with E-state index in [4.69, 9.17) is 21.1 Å². The number of hydrogen-bond donors (Lipinski definition) is 1. The quantitative estimate of drug-likeness (QED) is 0.459. The van der Waals surface area contributed by atoms with Crippen molar-refractivity contribution < 1.29 is 9.47 Å². The van der Waals surface area contributed by atoms with Crippen molar-refractivity contribution in [1.82, 2.24) is 15.2 Å². The maximum absolute atomic E-state index is 6.08. The van der Waals surface area contributed by atoms with Crippen LogP contribution in [-0.2, 0) is 0 Å². The van der Waals surface area contributed by atoms with Crippen LogP contribution in [0.1, 0.15) is 11.1 Å². The number of nitrogens with one attached hydrogen (secondary N) is 1. The van der Waals surface area contributed by atoms with Crippen LogP contribution in [0.25, 0.3) is 11.4 Å². The lowest BCUT2D eigenvalue weighted by Crippen LogP contribution is -2.03. The highest BCUT2D eigenvalue weighted by Crippen LogP contribution is 2.31. The molecule has 2 aromatic carbocycles. The molecule has 0 spiro atoms. The standard InChI is InChI=1S/C19H20ClN3O2S/c1-12-5-4-6-13(2)17(12)25-9-10-26-19-21-18(22-23-19)15-11-14(20)7-8-16(15)24-3/h4-8,11H,9-10H2,1-3H3,(H,21,22,23). The van der Waals surface area contributed by atoms with Crippen LogP contribution >= 0.6 is 23.4 Å². The fourth-order valence-electron chi connectivity index (χ4n) is 2.60. The number of ether oxygens (including phenoxy) is 2. The maximum atomic E-state index is 6.08. The minimum absolute atomic E-state index is 0.584. The van der Waals surface area contributed by atoms with E-state index < -0.39 is 0 Å². The van der Waals surface area contributed by atoms with Crippen LogP contribution in [-0.4, -0.2) is 34.7 Å². The Morgan fingerprint density at radius 1 is 1.15 bits per heavy atom. The van der Waals surface area contributed by atoms with Gasteiger partial charge in [-0.2, -0.15) is 0 Å². The van der Waals surface area contributed by atoms with Gasteiger partial charge in [-0.05, 0) is 43.2 Å². The Morgan fingerprint density at radius 2 is 1.92 bits per heavy atom. The zero-order valence-electron chi connectivity index (χ0n) is 14.9. The van der Waals surface area contributed by atoms with E-state index in [-0.39, 0.29) is 0 Å². The lowest BCUT2D eigenvalue weighted by Gasteiger charge is -2.11. The Balaban J connectivity index is 1.60. The number of hydrogen-bond acceptors (Lipinski definition) is 5. The molecular weight excluding hydrogens is 370 g/mol. The topological polar surface area (TPSA) is 60.0 Å². The lowest BCUT2D eigenvalue weighted by atomic mass is 10.1. The van der Waals surface area contributed by atoms with Gasteiger partial charge in [-0.25, -0.2) is 4.98 Å². The average molecular weight is 390 g/mol. The molecule has 1 heterocycles. The molecule has 1 aromatic heterocycles. The van der Waals surface area contributed by atoms with Gasteiger partial charge in [0, 0.05) is 10.8 Å². The van der Waals surface area contributed by atoms with Crippen LogP contribution < -0.4 is 9.47 Å². The predicted octanol–water partition coefficient (Wildman–Crippen LogP) is 4.92. The van der Waals surface area contributed by atoms with Crippen LogP contribution in [0.3, 0.4) is 0 Å². The second-order valence-electron chi connectivity index (χ2n) is 5.73. The Labute approximate surface area is 162 Å². The summed E-state index contributed by atoms with van der Waals surface area (Å²) in [4.78, 5) is 4.51. The number of thioether (sulfide) groups is 1. The number of benzene rings is 2. The normalized spacial score (nSPS) is 10.8. The van der Waals surface area contributed by atoms with Gasteiger partial charge in [0.15, 0.2) is 5.82 Å². The number of H-pyrrole nitrogens is 1. The second kappa shape index (κ2) is 8.47. The molecule has 3 aromatic rings.